The second-order valence-electron chi connectivity index (χ2n) is 6.25. The van der Waals surface area contributed by atoms with Gasteiger partial charge in [0.25, 0.3) is 0 Å². The van der Waals surface area contributed by atoms with Crippen molar-refractivity contribution in [3.8, 4) is 0 Å². The predicted octanol–water partition coefficient (Wildman–Crippen LogP) is 1.19. The lowest BCUT2D eigenvalue weighted by atomic mass is 10.0. The van der Waals surface area contributed by atoms with Crippen LogP contribution in [0.3, 0.4) is 0 Å². The summed E-state index contributed by atoms with van der Waals surface area (Å²) < 4.78 is 37.8. The first-order valence-electron chi connectivity index (χ1n) is 8.03. The monoisotopic (exact) mass is 368 g/mol. The molecule has 1 aromatic heterocycles. The molecule has 2 aromatic rings. The van der Waals surface area contributed by atoms with E-state index in [9.17, 15) is 18.0 Å². The van der Waals surface area contributed by atoms with Gasteiger partial charge in [-0.3, -0.25) is 9.36 Å². The lowest BCUT2D eigenvalue weighted by Crippen LogP contribution is -2.37. The van der Waals surface area contributed by atoms with Gasteiger partial charge < -0.3 is 9.15 Å². The summed E-state index contributed by atoms with van der Waals surface area (Å²) in [4.78, 5) is 23.4. The summed E-state index contributed by atoms with van der Waals surface area (Å²) in [6.07, 6.45) is 1.65. The number of oxazole rings is 1. The van der Waals surface area contributed by atoms with Crippen molar-refractivity contribution in [3.05, 3.63) is 28.7 Å². The van der Waals surface area contributed by atoms with Crippen LogP contribution in [-0.2, 0) is 26.1 Å². The average Bonchev–Trinajstić information content (AvgIpc) is 2.90. The summed E-state index contributed by atoms with van der Waals surface area (Å²) in [5.41, 5.74) is 0.474. The standard InChI is InChI=1S/C16H20N2O6S/c1-11-5-7-17(8-6-11)25(21,22)12-3-4-13-14(9-12)24-16(20)18(13)10-15(19)23-2/h3-4,9,11H,5-8,10H2,1-2H3. The van der Waals surface area contributed by atoms with Gasteiger partial charge in [0.05, 0.1) is 17.5 Å². The van der Waals surface area contributed by atoms with Gasteiger partial charge in [-0.25, -0.2) is 13.2 Å². The van der Waals surface area contributed by atoms with Gasteiger partial charge in [0.15, 0.2) is 5.58 Å². The van der Waals surface area contributed by atoms with Gasteiger partial charge >= 0.3 is 11.7 Å². The number of ether oxygens (including phenoxy) is 1. The molecule has 9 heteroatoms. The van der Waals surface area contributed by atoms with Gasteiger partial charge in [-0.15, -0.1) is 0 Å². The Hall–Kier alpha value is -2.13. The first-order chi connectivity index (χ1) is 11.8. The number of hydrogen-bond acceptors (Lipinski definition) is 6. The number of nitrogens with zero attached hydrogens (tertiary/aromatic N) is 2. The number of carbonyl (C=O) groups excluding carboxylic acids is 1. The van der Waals surface area contributed by atoms with Gasteiger partial charge in [-0.05, 0) is 30.9 Å². The van der Waals surface area contributed by atoms with E-state index in [1.165, 1.54) is 29.6 Å². The van der Waals surface area contributed by atoms with Crippen LogP contribution in [0.2, 0.25) is 0 Å². The first kappa shape index (κ1) is 17.7. The fourth-order valence-electron chi connectivity index (χ4n) is 2.92. The zero-order valence-electron chi connectivity index (χ0n) is 14.1. The van der Waals surface area contributed by atoms with Gasteiger partial charge in [-0.1, -0.05) is 6.92 Å². The summed E-state index contributed by atoms with van der Waals surface area (Å²) in [5, 5.41) is 0. The SMILES string of the molecule is COC(=O)Cn1c(=O)oc2cc(S(=O)(=O)N3CCC(C)CC3)ccc21. The van der Waals surface area contributed by atoms with Crippen LogP contribution in [0.15, 0.2) is 32.3 Å². The molecule has 0 N–H and O–H groups in total. The molecule has 1 saturated heterocycles. The third kappa shape index (κ3) is 3.34. The minimum atomic E-state index is -3.64. The predicted molar refractivity (Wildman–Crippen MR) is 89.6 cm³/mol. The van der Waals surface area contributed by atoms with Gasteiger partial charge in [0, 0.05) is 19.2 Å². The van der Waals surface area contributed by atoms with Crippen molar-refractivity contribution in [1.82, 2.24) is 8.87 Å². The second-order valence-corrected chi connectivity index (χ2v) is 8.18. The molecule has 136 valence electrons. The van der Waals surface area contributed by atoms with E-state index in [2.05, 4.69) is 11.7 Å². The highest BCUT2D eigenvalue weighted by Crippen LogP contribution is 2.25. The smallest absolute Gasteiger partial charge is 0.420 e. The topological polar surface area (TPSA) is 98.8 Å². The number of carbonyl (C=O) groups is 1. The molecule has 0 bridgehead atoms. The van der Waals surface area contributed by atoms with Crippen LogP contribution in [0.1, 0.15) is 19.8 Å². The number of methoxy groups -OCH3 is 1. The van der Waals surface area contributed by atoms with E-state index in [0.717, 1.165) is 17.4 Å². The highest BCUT2D eigenvalue weighted by molar-refractivity contribution is 7.89. The highest BCUT2D eigenvalue weighted by Gasteiger charge is 2.28. The summed E-state index contributed by atoms with van der Waals surface area (Å²) in [6.45, 7) is 2.77. The van der Waals surface area contributed by atoms with Gasteiger partial charge in [0.1, 0.15) is 6.54 Å². The number of piperidine rings is 1. The first-order valence-corrected chi connectivity index (χ1v) is 9.47. The van der Waals surface area contributed by atoms with Gasteiger partial charge in [0.2, 0.25) is 10.0 Å². The zero-order valence-corrected chi connectivity index (χ0v) is 14.9. The molecule has 0 atom stereocenters. The molecule has 1 aliphatic heterocycles. The van der Waals surface area contributed by atoms with Crippen LogP contribution in [0.25, 0.3) is 11.1 Å². The Balaban J connectivity index is 1.96. The Labute approximate surface area is 145 Å². The van der Waals surface area contributed by atoms with Crippen LogP contribution in [0.5, 0.6) is 0 Å². The maximum absolute atomic E-state index is 12.8. The van der Waals surface area contributed by atoms with E-state index in [1.54, 1.807) is 0 Å². The maximum Gasteiger partial charge on any atom is 0.420 e. The van der Waals surface area contributed by atoms with Crippen molar-refractivity contribution in [2.24, 2.45) is 5.92 Å². The molecule has 0 radical (unpaired) electrons. The Bertz CT molecular complexity index is 951. The Morgan fingerprint density at radius 2 is 2.00 bits per heavy atom. The molecule has 0 saturated carbocycles. The van der Waals surface area contributed by atoms with Crippen molar-refractivity contribution >= 4 is 27.1 Å². The van der Waals surface area contributed by atoms with Crippen LogP contribution in [-0.4, -0.2) is 43.5 Å². The van der Waals surface area contributed by atoms with Crippen LogP contribution in [0.4, 0.5) is 0 Å². The Morgan fingerprint density at radius 3 is 2.64 bits per heavy atom. The molecular formula is C16H20N2O6S. The van der Waals surface area contributed by atoms with Crippen molar-refractivity contribution < 1.29 is 22.4 Å². The summed E-state index contributed by atoms with van der Waals surface area (Å²) in [5.74, 6) is -0.815. The van der Waals surface area contributed by atoms with Crippen molar-refractivity contribution in [1.29, 1.82) is 0 Å². The van der Waals surface area contributed by atoms with Crippen LogP contribution < -0.4 is 5.76 Å². The molecule has 0 aliphatic carbocycles. The molecule has 0 spiro atoms. The minimum Gasteiger partial charge on any atom is -0.468 e. The number of benzene rings is 1. The lowest BCUT2D eigenvalue weighted by molar-refractivity contribution is -0.141. The van der Waals surface area contributed by atoms with E-state index < -0.39 is 21.7 Å². The molecule has 3 rings (SSSR count). The van der Waals surface area contributed by atoms with E-state index in [-0.39, 0.29) is 17.0 Å². The highest BCUT2D eigenvalue weighted by atomic mass is 32.2. The number of esters is 1. The largest absolute Gasteiger partial charge is 0.468 e. The number of rotatable bonds is 4. The molecule has 0 unspecified atom stereocenters. The average molecular weight is 368 g/mol. The summed E-state index contributed by atoms with van der Waals surface area (Å²) in [7, 11) is -2.42. The molecule has 2 heterocycles. The molecular weight excluding hydrogens is 348 g/mol. The number of fused-ring (bicyclic) bond motifs is 1. The third-order valence-corrected chi connectivity index (χ3v) is 6.43. The van der Waals surface area contributed by atoms with Crippen LogP contribution >= 0.6 is 0 Å². The fourth-order valence-corrected chi connectivity index (χ4v) is 4.41. The van der Waals surface area contributed by atoms with Crippen LogP contribution in [0, 0.1) is 5.92 Å². The fraction of sp³-hybridized carbons (Fsp3) is 0.500. The molecule has 8 nitrogen and oxygen atoms in total. The number of sulfonamides is 1. The van der Waals surface area contributed by atoms with E-state index in [1.807, 2.05) is 0 Å². The second kappa shape index (κ2) is 6.64. The Morgan fingerprint density at radius 1 is 1.32 bits per heavy atom. The van der Waals surface area contributed by atoms with Crippen molar-refractivity contribution in [2.45, 2.75) is 31.2 Å². The normalized spacial score (nSPS) is 17.0. The molecule has 1 aromatic carbocycles. The summed E-state index contributed by atoms with van der Waals surface area (Å²) >= 11 is 0. The molecule has 0 amide bonds. The quantitative estimate of drug-likeness (QED) is 0.752. The van der Waals surface area contributed by atoms with Crippen molar-refractivity contribution in [2.75, 3.05) is 20.2 Å². The lowest BCUT2D eigenvalue weighted by Gasteiger charge is -2.29. The number of hydrogen-bond donors (Lipinski definition) is 0. The number of aromatic nitrogens is 1. The Kier molecular flexibility index (Phi) is 4.70. The zero-order chi connectivity index (χ0) is 18.2. The van der Waals surface area contributed by atoms with E-state index >= 15 is 0 Å². The van der Waals surface area contributed by atoms with E-state index in [0.29, 0.717) is 24.5 Å². The van der Waals surface area contributed by atoms with E-state index in [4.69, 9.17) is 4.42 Å². The molecule has 25 heavy (non-hydrogen) atoms. The van der Waals surface area contributed by atoms with Gasteiger partial charge in [-0.2, -0.15) is 4.31 Å². The maximum atomic E-state index is 12.8. The third-order valence-electron chi connectivity index (χ3n) is 4.53. The molecule has 1 aliphatic rings. The molecule has 1 fully saturated rings. The summed E-state index contributed by atoms with van der Waals surface area (Å²) in [6, 6.07) is 4.24. The minimum absolute atomic E-state index is 0.0773. The van der Waals surface area contributed by atoms with Crippen molar-refractivity contribution in [3.63, 3.8) is 0 Å².